The first-order valence-electron chi connectivity index (χ1n) is 10.8. The van der Waals surface area contributed by atoms with E-state index in [1.807, 2.05) is 23.7 Å². The molecule has 34 heavy (non-hydrogen) atoms. The third-order valence-electron chi connectivity index (χ3n) is 5.92. The van der Waals surface area contributed by atoms with E-state index in [0.717, 1.165) is 17.0 Å². The number of methoxy groups -OCH3 is 1. The quantitative estimate of drug-likeness (QED) is 0.520. The summed E-state index contributed by atoms with van der Waals surface area (Å²) in [4.78, 5) is 28.3. The van der Waals surface area contributed by atoms with Crippen LogP contribution in [0.25, 0.3) is 10.9 Å². The van der Waals surface area contributed by atoms with E-state index in [1.54, 1.807) is 17.2 Å². The first-order chi connectivity index (χ1) is 16.2. The van der Waals surface area contributed by atoms with Gasteiger partial charge in [0.05, 0.1) is 42.4 Å². The molecule has 2 amide bonds. The highest BCUT2D eigenvalue weighted by molar-refractivity contribution is 8.24. The first-order valence-corrected chi connectivity index (χ1v) is 12.7. The van der Waals surface area contributed by atoms with Gasteiger partial charge in [0.15, 0.2) is 0 Å². The van der Waals surface area contributed by atoms with Gasteiger partial charge in [0.2, 0.25) is 0 Å². The van der Waals surface area contributed by atoms with E-state index in [-0.39, 0.29) is 48.3 Å². The van der Waals surface area contributed by atoms with E-state index < -0.39 is 22.4 Å². The first kappa shape index (κ1) is 24.0. The molecule has 0 radical (unpaired) electrons. The summed E-state index contributed by atoms with van der Waals surface area (Å²) in [5.41, 5.74) is 1.70. The summed E-state index contributed by atoms with van der Waals surface area (Å²) >= 11 is 0. The topological polar surface area (TPSA) is 108 Å². The van der Waals surface area contributed by atoms with Crippen molar-refractivity contribution in [2.24, 2.45) is 0 Å². The van der Waals surface area contributed by atoms with Gasteiger partial charge in [-0.15, -0.1) is 0 Å². The van der Waals surface area contributed by atoms with Gasteiger partial charge in [-0.05, 0) is 37.3 Å². The minimum Gasteiger partial charge on any atom is -0.465 e. The zero-order chi connectivity index (χ0) is 24.5. The lowest BCUT2D eigenvalue weighted by molar-refractivity contribution is 0.0600. The maximum absolute atomic E-state index is 14.9. The van der Waals surface area contributed by atoms with Gasteiger partial charge in [-0.2, -0.15) is 15.7 Å². The third kappa shape index (κ3) is 4.86. The van der Waals surface area contributed by atoms with Gasteiger partial charge >= 0.3 is 12.0 Å². The van der Waals surface area contributed by atoms with Crippen molar-refractivity contribution >= 4 is 39.2 Å². The molecule has 2 aromatic carbocycles. The molecular weight excluding hydrogens is 463 g/mol. The minimum atomic E-state index is -2.68. The Morgan fingerprint density at radius 3 is 2.56 bits per heavy atom. The summed E-state index contributed by atoms with van der Waals surface area (Å²) in [6, 6.07) is 9.11. The van der Waals surface area contributed by atoms with Crippen molar-refractivity contribution in [3.05, 3.63) is 59.5 Å². The summed E-state index contributed by atoms with van der Waals surface area (Å²) in [5, 5.41) is 5.26. The molecule has 1 saturated heterocycles. The van der Waals surface area contributed by atoms with Gasteiger partial charge in [-0.3, -0.25) is 18.7 Å². The maximum atomic E-state index is 14.9. The second-order valence-corrected chi connectivity index (χ2v) is 10.5. The summed E-state index contributed by atoms with van der Waals surface area (Å²) in [5.74, 6) is -1.07. The largest absolute Gasteiger partial charge is 0.465 e. The van der Waals surface area contributed by atoms with Gasteiger partial charge in [0.25, 0.3) is 0 Å². The fourth-order valence-corrected chi connectivity index (χ4v) is 5.16. The molecule has 2 heterocycles. The van der Waals surface area contributed by atoms with Crippen molar-refractivity contribution < 1.29 is 27.8 Å². The molecule has 182 valence electrons. The molecular formula is C23H27FN4O5S. The number of fused-ring (bicyclic) bond motifs is 1. The molecule has 2 N–H and O–H groups in total. The number of urea groups is 1. The number of amides is 2. The summed E-state index contributed by atoms with van der Waals surface area (Å²) in [6.45, 7) is 2.92. The summed E-state index contributed by atoms with van der Waals surface area (Å²) in [7, 11) is -1.46. The molecule has 0 aliphatic carbocycles. The number of aryl methyl sites for hydroxylation is 1. The maximum Gasteiger partial charge on any atom is 0.337 e. The van der Waals surface area contributed by atoms with E-state index in [9.17, 15) is 23.1 Å². The number of halogens is 1. The lowest BCUT2D eigenvalue weighted by Gasteiger charge is -2.42. The van der Waals surface area contributed by atoms with Crippen LogP contribution in [0, 0.1) is 5.82 Å². The van der Waals surface area contributed by atoms with Crippen LogP contribution in [-0.2, 0) is 17.8 Å². The Labute approximate surface area is 198 Å². The molecule has 0 spiro atoms. The van der Waals surface area contributed by atoms with Gasteiger partial charge < -0.3 is 9.64 Å². The number of hydrogen-bond donors (Lipinski definition) is 2. The number of benzene rings is 2. The molecule has 11 heteroatoms. The van der Waals surface area contributed by atoms with Gasteiger partial charge in [0, 0.05) is 36.3 Å². The van der Waals surface area contributed by atoms with Gasteiger partial charge in [0.1, 0.15) is 5.82 Å². The normalized spacial score (nSPS) is 16.3. The van der Waals surface area contributed by atoms with Crippen molar-refractivity contribution in [1.82, 2.24) is 14.7 Å². The second-order valence-electron chi connectivity index (χ2n) is 8.07. The molecule has 9 nitrogen and oxygen atoms in total. The SMILES string of the molecule is CCn1ncc2ccc(N(Cc3ccc(C(=O)OC)cc3F)C(=O)N3CCS(O)(O)CC3)cc21. The van der Waals surface area contributed by atoms with Crippen LogP contribution in [0.15, 0.2) is 42.6 Å². The highest BCUT2D eigenvalue weighted by atomic mass is 32.3. The number of carbonyl (C=O) groups excluding carboxylic acids is 2. The number of carbonyl (C=O) groups is 2. The van der Waals surface area contributed by atoms with E-state index in [2.05, 4.69) is 9.84 Å². The standard InChI is InChI=1S/C23H27FN4O5S/c1-3-28-21-13-19(7-6-17(21)14-25-28)27(23(30)26-8-10-34(31,32)11-9-26)15-18-5-4-16(12-20(18)24)22(29)33-2/h4-7,12-14,31-32H,3,8-11,15H2,1-2H3. The van der Waals surface area contributed by atoms with Crippen LogP contribution in [0.4, 0.5) is 14.9 Å². The van der Waals surface area contributed by atoms with Crippen molar-refractivity contribution in [1.29, 1.82) is 0 Å². The number of aromatic nitrogens is 2. The van der Waals surface area contributed by atoms with Crippen molar-refractivity contribution in [2.75, 3.05) is 36.6 Å². The number of anilines is 1. The van der Waals surface area contributed by atoms with Crippen LogP contribution in [0.2, 0.25) is 0 Å². The highest BCUT2D eigenvalue weighted by Crippen LogP contribution is 2.40. The fraction of sp³-hybridized carbons (Fsp3) is 0.348. The van der Waals surface area contributed by atoms with Crippen LogP contribution >= 0.6 is 10.6 Å². The molecule has 0 saturated carbocycles. The molecule has 0 atom stereocenters. The lowest BCUT2D eigenvalue weighted by atomic mass is 10.1. The number of nitrogens with zero attached hydrogens (tertiary/aromatic N) is 4. The molecule has 1 aliphatic rings. The van der Waals surface area contributed by atoms with E-state index in [1.165, 1.54) is 24.1 Å². The molecule has 4 rings (SSSR count). The molecule has 1 fully saturated rings. The Hall–Kier alpha value is -3.15. The number of rotatable bonds is 5. The molecule has 0 bridgehead atoms. The zero-order valence-corrected chi connectivity index (χ0v) is 19.8. The van der Waals surface area contributed by atoms with Crippen LogP contribution in [0.1, 0.15) is 22.8 Å². The minimum absolute atomic E-state index is 0.0787. The fourth-order valence-electron chi connectivity index (χ4n) is 3.93. The van der Waals surface area contributed by atoms with Crippen LogP contribution in [0.5, 0.6) is 0 Å². The smallest absolute Gasteiger partial charge is 0.337 e. The lowest BCUT2D eigenvalue weighted by Crippen LogP contribution is -2.48. The Morgan fingerprint density at radius 2 is 1.91 bits per heavy atom. The zero-order valence-electron chi connectivity index (χ0n) is 19.0. The number of esters is 1. The Kier molecular flexibility index (Phi) is 6.78. The average Bonchev–Trinajstić information content (AvgIpc) is 3.24. The van der Waals surface area contributed by atoms with E-state index >= 15 is 0 Å². The molecule has 3 aromatic rings. The number of ether oxygens (including phenoxy) is 1. The predicted octanol–water partition coefficient (Wildman–Crippen LogP) is 4.17. The Morgan fingerprint density at radius 1 is 1.18 bits per heavy atom. The average molecular weight is 491 g/mol. The van der Waals surface area contributed by atoms with E-state index in [4.69, 9.17) is 0 Å². The van der Waals surface area contributed by atoms with Crippen LogP contribution in [-0.4, -0.2) is 67.5 Å². The third-order valence-corrected chi connectivity index (χ3v) is 7.59. The van der Waals surface area contributed by atoms with Crippen LogP contribution < -0.4 is 4.90 Å². The number of hydrogen-bond acceptors (Lipinski definition) is 6. The Bertz CT molecular complexity index is 1220. The second kappa shape index (κ2) is 9.61. The summed E-state index contributed by atoms with van der Waals surface area (Å²) in [6.07, 6.45) is 1.75. The monoisotopic (exact) mass is 490 g/mol. The summed E-state index contributed by atoms with van der Waals surface area (Å²) < 4.78 is 41.2. The molecule has 1 aliphatic heterocycles. The van der Waals surface area contributed by atoms with Gasteiger partial charge in [-0.1, -0.05) is 6.07 Å². The predicted molar refractivity (Wildman–Crippen MR) is 129 cm³/mol. The molecule has 1 aromatic heterocycles. The molecule has 0 unspecified atom stereocenters. The van der Waals surface area contributed by atoms with E-state index in [0.29, 0.717) is 12.2 Å². The van der Waals surface area contributed by atoms with Gasteiger partial charge in [-0.25, -0.2) is 14.0 Å². The Balaban J connectivity index is 1.70. The highest BCUT2D eigenvalue weighted by Gasteiger charge is 2.30. The van der Waals surface area contributed by atoms with Crippen molar-refractivity contribution in [3.63, 3.8) is 0 Å². The van der Waals surface area contributed by atoms with Crippen molar-refractivity contribution in [3.8, 4) is 0 Å². The van der Waals surface area contributed by atoms with Crippen molar-refractivity contribution in [2.45, 2.75) is 20.0 Å². The van der Waals surface area contributed by atoms with Crippen LogP contribution in [0.3, 0.4) is 0 Å².